The molecule has 0 saturated carbocycles. The van der Waals surface area contributed by atoms with Crippen LogP contribution in [0.4, 0.5) is 10.1 Å². The fourth-order valence-corrected chi connectivity index (χ4v) is 5.63. The quantitative estimate of drug-likeness (QED) is 0.0677. The standard InChI is InChI=1S/C34H31BrFN5O4/c35-28-11-4-1-9-25(28)22-34(33(43)38-19-18-23-8-2-5-12-29(23)36)31(27-10-3-6-13-30(27)40-41-37)45-32(39-34)24-14-16-26(17-15-24)44-21-7-20-42/h1-6,8-17,31,42H,7,18-22H2,(H,38,43)/t31-,34-/m1/s1. The number of aliphatic hydroxyl groups excluding tert-OH is 1. The fourth-order valence-electron chi connectivity index (χ4n) is 5.20. The number of hydrogen-bond acceptors (Lipinski definition) is 6. The van der Waals surface area contributed by atoms with Gasteiger partial charge < -0.3 is 19.9 Å². The molecule has 230 valence electrons. The predicted molar refractivity (Wildman–Crippen MR) is 173 cm³/mol. The van der Waals surface area contributed by atoms with E-state index in [2.05, 4.69) is 31.3 Å². The average molecular weight is 673 g/mol. The summed E-state index contributed by atoms with van der Waals surface area (Å²) < 4.78 is 27.4. The molecule has 9 nitrogen and oxygen atoms in total. The van der Waals surface area contributed by atoms with Crippen LogP contribution in [-0.4, -0.2) is 42.2 Å². The summed E-state index contributed by atoms with van der Waals surface area (Å²) in [7, 11) is 0. The number of amides is 1. The van der Waals surface area contributed by atoms with Crippen LogP contribution in [0.3, 0.4) is 0 Å². The summed E-state index contributed by atoms with van der Waals surface area (Å²) in [6, 6.07) is 28.0. The van der Waals surface area contributed by atoms with E-state index in [1.54, 1.807) is 66.7 Å². The molecule has 1 amide bonds. The number of halogens is 2. The van der Waals surface area contributed by atoms with E-state index in [9.17, 15) is 14.7 Å². The molecule has 0 saturated heterocycles. The number of nitrogens with one attached hydrogen (secondary N) is 1. The van der Waals surface area contributed by atoms with Gasteiger partial charge in [0.05, 0.1) is 6.61 Å². The van der Waals surface area contributed by atoms with E-state index in [0.717, 1.165) is 10.0 Å². The van der Waals surface area contributed by atoms with Crippen LogP contribution < -0.4 is 10.1 Å². The lowest BCUT2D eigenvalue weighted by Crippen LogP contribution is -2.50. The highest BCUT2D eigenvalue weighted by molar-refractivity contribution is 9.10. The van der Waals surface area contributed by atoms with E-state index < -0.39 is 17.6 Å². The number of aliphatic imine (C=N–C) groups is 1. The second-order valence-electron chi connectivity index (χ2n) is 10.4. The van der Waals surface area contributed by atoms with Crippen molar-refractivity contribution in [2.75, 3.05) is 19.8 Å². The maximum absolute atomic E-state index is 14.4. The van der Waals surface area contributed by atoms with Crippen LogP contribution in [0, 0.1) is 5.82 Å². The first-order valence-electron chi connectivity index (χ1n) is 14.4. The Morgan fingerprint density at radius 1 is 1.04 bits per heavy atom. The van der Waals surface area contributed by atoms with E-state index in [1.165, 1.54) is 6.07 Å². The molecule has 0 fully saturated rings. The Balaban J connectivity index is 1.58. The van der Waals surface area contributed by atoms with Crippen molar-refractivity contribution >= 4 is 33.4 Å². The number of benzene rings is 4. The lowest BCUT2D eigenvalue weighted by molar-refractivity contribution is -0.128. The zero-order valence-electron chi connectivity index (χ0n) is 24.3. The SMILES string of the molecule is [N-]=[N+]=Nc1ccccc1[C@H]1OC(c2ccc(OCCCO)cc2)=N[C@@]1(Cc1ccccc1Br)C(=O)NCCc1ccccc1F. The molecular weight excluding hydrogens is 641 g/mol. The highest BCUT2D eigenvalue weighted by Crippen LogP contribution is 2.46. The van der Waals surface area contributed by atoms with E-state index >= 15 is 0 Å². The molecule has 0 unspecified atom stereocenters. The lowest BCUT2D eigenvalue weighted by Gasteiger charge is -2.31. The summed E-state index contributed by atoms with van der Waals surface area (Å²) in [5.41, 5.74) is 10.5. The van der Waals surface area contributed by atoms with Crippen LogP contribution in [0.5, 0.6) is 5.75 Å². The molecule has 0 bridgehead atoms. The first-order valence-corrected chi connectivity index (χ1v) is 15.2. The van der Waals surface area contributed by atoms with Crippen molar-refractivity contribution in [3.63, 3.8) is 0 Å². The molecular formula is C34H31BrFN5O4. The normalized spacial score (nSPS) is 17.1. The summed E-state index contributed by atoms with van der Waals surface area (Å²) >= 11 is 3.62. The Morgan fingerprint density at radius 3 is 2.49 bits per heavy atom. The minimum absolute atomic E-state index is 0.0312. The van der Waals surface area contributed by atoms with Gasteiger partial charge in [0.2, 0.25) is 5.90 Å². The Bertz CT molecular complexity index is 1730. The Kier molecular flexibility index (Phi) is 10.5. The molecule has 4 aromatic rings. The molecule has 0 aliphatic carbocycles. The number of ether oxygens (including phenoxy) is 2. The summed E-state index contributed by atoms with van der Waals surface area (Å²) in [4.78, 5) is 22.4. The van der Waals surface area contributed by atoms with Crippen molar-refractivity contribution in [1.29, 1.82) is 0 Å². The van der Waals surface area contributed by atoms with Gasteiger partial charge in [-0.2, -0.15) is 0 Å². The maximum Gasteiger partial charge on any atom is 0.252 e. The van der Waals surface area contributed by atoms with E-state index in [1.807, 2.05) is 24.3 Å². The van der Waals surface area contributed by atoms with Gasteiger partial charge in [0.1, 0.15) is 11.6 Å². The number of hydrogen-bond donors (Lipinski definition) is 2. The minimum atomic E-state index is -1.54. The molecule has 1 heterocycles. The van der Waals surface area contributed by atoms with Crippen LogP contribution in [0.2, 0.25) is 0 Å². The van der Waals surface area contributed by atoms with Crippen LogP contribution in [0.25, 0.3) is 10.4 Å². The minimum Gasteiger partial charge on any atom is -0.494 e. The van der Waals surface area contributed by atoms with Crippen molar-refractivity contribution in [2.45, 2.75) is 30.9 Å². The molecule has 45 heavy (non-hydrogen) atoms. The summed E-state index contributed by atoms with van der Waals surface area (Å²) in [6.45, 7) is 0.560. The number of aliphatic hydroxyl groups is 1. The Labute approximate surface area is 268 Å². The highest BCUT2D eigenvalue weighted by atomic mass is 79.9. The predicted octanol–water partition coefficient (Wildman–Crippen LogP) is 7.15. The van der Waals surface area contributed by atoms with Crippen LogP contribution in [-0.2, 0) is 22.4 Å². The fraction of sp³-hybridized carbons (Fsp3) is 0.235. The molecule has 5 rings (SSSR count). The summed E-state index contributed by atoms with van der Waals surface area (Å²) in [6.07, 6.45) is -0.0528. The zero-order chi connectivity index (χ0) is 31.6. The number of carbonyl (C=O) groups excluding carboxylic acids is 1. The number of nitrogens with zero attached hydrogens (tertiary/aromatic N) is 4. The van der Waals surface area contributed by atoms with Crippen molar-refractivity contribution in [2.24, 2.45) is 10.1 Å². The average Bonchev–Trinajstić information content (AvgIpc) is 3.44. The van der Waals surface area contributed by atoms with E-state index in [4.69, 9.17) is 19.6 Å². The molecule has 0 aromatic heterocycles. The first-order chi connectivity index (χ1) is 21.9. The van der Waals surface area contributed by atoms with Crippen LogP contribution in [0.15, 0.2) is 112 Å². The van der Waals surface area contributed by atoms with Crippen LogP contribution in [0.1, 0.15) is 34.8 Å². The van der Waals surface area contributed by atoms with Crippen molar-refractivity contribution in [3.8, 4) is 5.75 Å². The van der Waals surface area contributed by atoms with Gasteiger partial charge in [-0.05, 0) is 59.5 Å². The van der Waals surface area contributed by atoms with Gasteiger partial charge in [-0.25, -0.2) is 9.38 Å². The second kappa shape index (κ2) is 14.9. The number of carbonyl (C=O) groups is 1. The molecule has 2 N–H and O–H groups in total. The topological polar surface area (TPSA) is 129 Å². The first kappa shape index (κ1) is 31.7. The van der Waals surface area contributed by atoms with Crippen LogP contribution >= 0.6 is 15.9 Å². The van der Waals surface area contributed by atoms with Gasteiger partial charge in [0.25, 0.3) is 5.91 Å². The smallest absolute Gasteiger partial charge is 0.252 e. The van der Waals surface area contributed by atoms with Gasteiger partial charge in [0.15, 0.2) is 11.6 Å². The van der Waals surface area contributed by atoms with Gasteiger partial charge >= 0.3 is 0 Å². The van der Waals surface area contributed by atoms with Crippen molar-refractivity contribution < 1.29 is 23.8 Å². The van der Waals surface area contributed by atoms with E-state index in [-0.39, 0.29) is 37.7 Å². The third kappa shape index (κ3) is 7.34. The maximum atomic E-state index is 14.4. The molecule has 4 aromatic carbocycles. The Morgan fingerprint density at radius 2 is 1.76 bits per heavy atom. The lowest BCUT2D eigenvalue weighted by atomic mass is 9.81. The largest absolute Gasteiger partial charge is 0.494 e. The highest BCUT2D eigenvalue weighted by Gasteiger charge is 2.54. The molecule has 2 atom stereocenters. The van der Waals surface area contributed by atoms with Gasteiger partial charge in [-0.15, -0.1) is 0 Å². The number of azide groups is 1. The second-order valence-corrected chi connectivity index (χ2v) is 11.3. The molecule has 0 radical (unpaired) electrons. The van der Waals surface area contributed by atoms with Crippen molar-refractivity contribution in [3.05, 3.63) is 140 Å². The van der Waals surface area contributed by atoms with Gasteiger partial charge in [0, 0.05) is 52.2 Å². The number of rotatable bonds is 13. The summed E-state index contributed by atoms with van der Waals surface area (Å²) in [5, 5.41) is 15.9. The van der Waals surface area contributed by atoms with Gasteiger partial charge in [-0.1, -0.05) is 81.7 Å². The third-order valence-electron chi connectivity index (χ3n) is 7.46. The van der Waals surface area contributed by atoms with Crippen molar-refractivity contribution in [1.82, 2.24) is 5.32 Å². The Hall–Kier alpha value is -4.70. The monoisotopic (exact) mass is 671 g/mol. The molecule has 11 heteroatoms. The molecule has 1 aliphatic heterocycles. The molecule has 0 spiro atoms. The zero-order valence-corrected chi connectivity index (χ0v) is 25.9. The van der Waals surface area contributed by atoms with E-state index in [0.29, 0.717) is 41.2 Å². The van der Waals surface area contributed by atoms with Gasteiger partial charge in [-0.3, -0.25) is 4.79 Å². The summed E-state index contributed by atoms with van der Waals surface area (Å²) in [5.74, 6) is 0.0776. The third-order valence-corrected chi connectivity index (χ3v) is 8.23. The molecule has 1 aliphatic rings.